The van der Waals surface area contributed by atoms with E-state index in [1.807, 2.05) is 0 Å². The predicted octanol–water partition coefficient (Wildman–Crippen LogP) is 0.982. The average Bonchev–Trinajstić information content (AvgIpc) is 2.49. The van der Waals surface area contributed by atoms with Crippen LogP contribution in [-0.2, 0) is 20.7 Å². The molecule has 0 aliphatic carbocycles. The van der Waals surface area contributed by atoms with Crippen LogP contribution in [0.1, 0.15) is 12.8 Å². The quantitative estimate of drug-likeness (QED) is 0.280. The molecule has 1 aromatic rings. The molecule has 1 aromatic carbocycles. The Morgan fingerprint density at radius 3 is 2.54 bits per heavy atom. The van der Waals surface area contributed by atoms with E-state index in [4.69, 9.17) is 10.2 Å². The van der Waals surface area contributed by atoms with Crippen LogP contribution >= 0.6 is 7.72 Å². The van der Waals surface area contributed by atoms with E-state index < -0.39 is 49.2 Å². The maximum Gasteiger partial charge on any atom is 0.312 e. The van der Waals surface area contributed by atoms with Crippen LogP contribution in [0.3, 0.4) is 0 Å². The molecule has 0 saturated carbocycles. The monoisotopic (exact) mass is 377 g/mol. The number of carbonyl (C=O) groups is 2. The Balaban J connectivity index is 2.82. The molecule has 0 amide bonds. The molecule has 2 unspecified atom stereocenters. The van der Waals surface area contributed by atoms with Gasteiger partial charge in [-0.1, -0.05) is 6.07 Å². The molecule has 1 rings (SSSR count). The first-order valence-corrected chi connectivity index (χ1v) is 9.65. The molecule has 11 heteroatoms. The number of rotatable bonds is 9. The van der Waals surface area contributed by atoms with Crippen molar-refractivity contribution < 1.29 is 38.4 Å². The smallest absolute Gasteiger partial charge is 0.312 e. The van der Waals surface area contributed by atoms with Gasteiger partial charge in [0.25, 0.3) is 0 Å². The lowest BCUT2D eigenvalue weighted by atomic mass is 10.1. The molecule has 0 spiro atoms. The number of hydrogen-bond acceptors (Lipinski definition) is 7. The van der Waals surface area contributed by atoms with Gasteiger partial charge in [0.1, 0.15) is 6.16 Å². The van der Waals surface area contributed by atoms with Crippen LogP contribution in [0, 0.1) is 5.92 Å². The van der Waals surface area contributed by atoms with Crippen LogP contribution in [0.5, 0.6) is 0 Å². The van der Waals surface area contributed by atoms with Crippen molar-refractivity contribution in [3.63, 3.8) is 0 Å². The number of aliphatic carboxylic acids is 2. The van der Waals surface area contributed by atoms with E-state index in [1.165, 1.54) is 24.3 Å². The lowest BCUT2D eigenvalue weighted by molar-refractivity contribution is -0.142. The van der Waals surface area contributed by atoms with Gasteiger partial charge in [-0.25, -0.2) is 14.8 Å². The Bertz CT molecular complexity index is 663. The van der Waals surface area contributed by atoms with Gasteiger partial charge in [-0.3, -0.25) is 13.8 Å². The number of benzene rings is 1. The van der Waals surface area contributed by atoms with E-state index in [9.17, 15) is 28.1 Å². The van der Waals surface area contributed by atoms with Gasteiger partial charge in [-0.15, -0.1) is 0 Å². The molecule has 9 nitrogen and oxygen atoms in total. The highest BCUT2D eigenvalue weighted by Crippen LogP contribution is 2.49. The fourth-order valence-electron chi connectivity index (χ4n) is 1.79. The highest BCUT2D eigenvalue weighted by Gasteiger charge is 2.38. The lowest BCUT2D eigenvalue weighted by Crippen LogP contribution is -2.21. The molecule has 0 saturated heterocycles. The highest BCUT2D eigenvalue weighted by molar-refractivity contribution is 7.79. The van der Waals surface area contributed by atoms with Crippen LogP contribution in [0.25, 0.3) is 0 Å². The zero-order valence-electron chi connectivity index (χ0n) is 12.3. The van der Waals surface area contributed by atoms with Crippen molar-refractivity contribution in [2.45, 2.75) is 17.7 Å². The second kappa shape index (κ2) is 8.95. The fourth-order valence-corrected chi connectivity index (χ4v) is 3.60. The number of carboxylic acids is 2. The standard InChI is InChI=1S/C13H16NO8PS/c15-12(16)5-4-9(13(17)18)7-23(19,20)8-14-10-2-1-3-11(6-10)24(21)22/h1-3,6,8-9,19-20H,4-5,7H2,(H2-,15,16,17,18,21,22). The molecule has 132 valence electrons. The zero-order chi connectivity index (χ0) is 18.3. The maximum atomic E-state index is 11.1. The fraction of sp³-hybridized carbons (Fsp3) is 0.308. The summed E-state index contributed by atoms with van der Waals surface area (Å²) in [5.74, 6) is -2.97. The normalized spacial score (nSPS) is 14.5. The number of carboxylic acid groups (broad SMARTS) is 2. The SMILES string of the molecule is O=C(O)CCC(C[P+](O)(O)C=Nc1cccc(S(=O)[O-])c1)C(=O)O. The van der Waals surface area contributed by atoms with Gasteiger partial charge in [0, 0.05) is 11.3 Å². The second-order valence-electron chi connectivity index (χ2n) is 4.91. The first-order chi connectivity index (χ1) is 11.1. The van der Waals surface area contributed by atoms with Crippen LogP contribution in [0.2, 0.25) is 0 Å². The third-order valence-corrected chi connectivity index (χ3v) is 5.05. The molecule has 0 aromatic heterocycles. The maximum absolute atomic E-state index is 11.1. The Hall–Kier alpha value is -1.71. The average molecular weight is 377 g/mol. The number of hydrogen-bond donors (Lipinski definition) is 4. The molecule has 24 heavy (non-hydrogen) atoms. The lowest BCUT2D eigenvalue weighted by Gasteiger charge is -2.13. The topological polar surface area (TPSA) is 168 Å². The van der Waals surface area contributed by atoms with Crippen molar-refractivity contribution in [2.24, 2.45) is 10.9 Å². The van der Waals surface area contributed by atoms with E-state index in [-0.39, 0.29) is 17.0 Å². The summed E-state index contributed by atoms with van der Waals surface area (Å²) in [5, 5.41) is 17.6. The van der Waals surface area contributed by atoms with E-state index >= 15 is 0 Å². The van der Waals surface area contributed by atoms with E-state index in [2.05, 4.69) is 4.99 Å². The van der Waals surface area contributed by atoms with Crippen molar-refractivity contribution in [3.05, 3.63) is 24.3 Å². The molecule has 0 radical (unpaired) electrons. The summed E-state index contributed by atoms with van der Waals surface area (Å²) < 4.78 is 21.7. The molecule has 0 heterocycles. The minimum absolute atomic E-state index is 0.0330. The van der Waals surface area contributed by atoms with E-state index in [0.29, 0.717) is 0 Å². The van der Waals surface area contributed by atoms with Gasteiger partial charge >= 0.3 is 19.7 Å². The van der Waals surface area contributed by atoms with E-state index in [1.54, 1.807) is 0 Å². The van der Waals surface area contributed by atoms with Gasteiger partial charge in [-0.05, 0) is 35.7 Å². The number of aliphatic imine (C=N–C) groups is 1. The van der Waals surface area contributed by atoms with Gasteiger partial charge < -0.3 is 14.8 Å². The first-order valence-electron chi connectivity index (χ1n) is 6.63. The van der Waals surface area contributed by atoms with E-state index in [0.717, 1.165) is 5.96 Å². The minimum atomic E-state index is -3.84. The Kier molecular flexibility index (Phi) is 7.59. The summed E-state index contributed by atoms with van der Waals surface area (Å²) in [5.41, 5.74) is 0.154. The molecule has 0 fully saturated rings. The molecule has 2 atom stereocenters. The largest absolute Gasteiger partial charge is 0.768 e. The zero-order valence-corrected chi connectivity index (χ0v) is 14.0. The molecule has 0 bridgehead atoms. The second-order valence-corrected chi connectivity index (χ2v) is 8.02. The summed E-state index contributed by atoms with van der Waals surface area (Å²) in [6, 6.07) is 5.39. The summed E-state index contributed by atoms with van der Waals surface area (Å²) in [4.78, 5) is 45.2. The van der Waals surface area contributed by atoms with Crippen molar-refractivity contribution in [2.75, 3.05) is 6.16 Å². The summed E-state index contributed by atoms with van der Waals surface area (Å²) in [6.07, 6.45) is -1.20. The third-order valence-electron chi connectivity index (χ3n) is 2.95. The predicted molar refractivity (Wildman–Crippen MR) is 86.0 cm³/mol. The molecule has 0 aliphatic rings. The molecule has 0 aliphatic heterocycles. The van der Waals surface area contributed by atoms with Crippen LogP contribution in [0.15, 0.2) is 34.2 Å². The van der Waals surface area contributed by atoms with Crippen LogP contribution in [0.4, 0.5) is 5.69 Å². The van der Waals surface area contributed by atoms with Gasteiger partial charge in [0.2, 0.25) is 5.96 Å². The molecular formula is C13H16NO8PS. The van der Waals surface area contributed by atoms with Gasteiger partial charge in [-0.2, -0.15) is 0 Å². The van der Waals surface area contributed by atoms with Crippen molar-refractivity contribution in [3.8, 4) is 0 Å². The number of nitrogens with zero attached hydrogens (tertiary/aromatic N) is 1. The third kappa shape index (κ3) is 7.24. The van der Waals surface area contributed by atoms with Crippen molar-refractivity contribution >= 4 is 42.4 Å². The highest BCUT2D eigenvalue weighted by atomic mass is 32.2. The summed E-state index contributed by atoms with van der Waals surface area (Å²) in [7, 11) is -3.84. The molecule has 4 N–H and O–H groups in total. The Morgan fingerprint density at radius 2 is 2.00 bits per heavy atom. The first kappa shape index (κ1) is 20.3. The van der Waals surface area contributed by atoms with Crippen LogP contribution in [-0.4, -0.2) is 52.8 Å². The Morgan fingerprint density at radius 1 is 1.33 bits per heavy atom. The van der Waals surface area contributed by atoms with Crippen molar-refractivity contribution in [1.29, 1.82) is 0 Å². The molecular weight excluding hydrogens is 361 g/mol. The van der Waals surface area contributed by atoms with Crippen LogP contribution < -0.4 is 0 Å². The van der Waals surface area contributed by atoms with Crippen molar-refractivity contribution in [1.82, 2.24) is 0 Å². The minimum Gasteiger partial charge on any atom is -0.768 e. The van der Waals surface area contributed by atoms with Gasteiger partial charge in [0.15, 0.2) is 0 Å². The Labute approximate surface area is 140 Å². The summed E-state index contributed by atoms with van der Waals surface area (Å²) in [6.45, 7) is 0. The summed E-state index contributed by atoms with van der Waals surface area (Å²) >= 11 is -2.46. The van der Waals surface area contributed by atoms with Gasteiger partial charge in [0.05, 0.1) is 11.6 Å².